The smallest absolute Gasteiger partial charge is 0.274 e. The summed E-state index contributed by atoms with van der Waals surface area (Å²) in [7, 11) is 0. The molecule has 3 rings (SSSR count). The monoisotopic (exact) mass is 382 g/mol. The summed E-state index contributed by atoms with van der Waals surface area (Å²) in [5, 5.41) is 5.93. The van der Waals surface area contributed by atoms with Crippen molar-refractivity contribution >= 4 is 39.2 Å². The zero-order chi connectivity index (χ0) is 16.9. The minimum Gasteiger partial charge on any atom is -0.324 e. The van der Waals surface area contributed by atoms with E-state index >= 15 is 0 Å². The van der Waals surface area contributed by atoms with Crippen molar-refractivity contribution in [1.82, 2.24) is 9.97 Å². The number of benzene rings is 2. The first-order valence-corrected chi connectivity index (χ1v) is 8.14. The molecule has 2 N–H and O–H groups in total. The second-order valence-electron chi connectivity index (χ2n) is 5.17. The third-order valence-electron chi connectivity index (χ3n) is 3.22. The molecule has 0 aliphatic carbocycles. The van der Waals surface area contributed by atoms with E-state index in [1.165, 1.54) is 0 Å². The number of anilines is 3. The van der Waals surface area contributed by atoms with Crippen LogP contribution in [0.2, 0.25) is 0 Å². The van der Waals surface area contributed by atoms with Crippen molar-refractivity contribution in [3.63, 3.8) is 0 Å². The normalized spacial score (nSPS) is 10.2. The minimum atomic E-state index is -0.279. The first kappa shape index (κ1) is 16.1. The highest BCUT2D eigenvalue weighted by molar-refractivity contribution is 9.10. The van der Waals surface area contributed by atoms with Gasteiger partial charge in [0.05, 0.1) is 0 Å². The van der Waals surface area contributed by atoms with Gasteiger partial charge in [-0.3, -0.25) is 4.79 Å². The predicted octanol–water partition coefficient (Wildman–Crippen LogP) is 4.54. The Hall–Kier alpha value is -2.73. The van der Waals surface area contributed by atoms with Gasteiger partial charge in [-0.1, -0.05) is 34.1 Å². The van der Waals surface area contributed by atoms with Gasteiger partial charge in [-0.05, 0) is 49.4 Å². The van der Waals surface area contributed by atoms with E-state index < -0.39 is 0 Å². The van der Waals surface area contributed by atoms with Crippen LogP contribution in [-0.4, -0.2) is 15.9 Å². The van der Waals surface area contributed by atoms with Gasteiger partial charge < -0.3 is 10.6 Å². The molecule has 0 aliphatic rings. The molecular formula is C18H15BrN4O. The Balaban J connectivity index is 1.80. The predicted molar refractivity (Wildman–Crippen MR) is 98.6 cm³/mol. The average Bonchev–Trinajstić information content (AvgIpc) is 2.57. The Morgan fingerprint density at radius 1 is 0.958 bits per heavy atom. The number of para-hydroxylation sites is 1. The molecule has 0 bridgehead atoms. The van der Waals surface area contributed by atoms with E-state index in [2.05, 4.69) is 36.5 Å². The third-order valence-corrected chi connectivity index (χ3v) is 3.75. The molecule has 0 aliphatic heterocycles. The SMILES string of the molecule is Cc1cc(C(=O)Nc2ccc(Br)cc2)nc(Nc2ccccc2)n1. The fraction of sp³-hybridized carbons (Fsp3) is 0.0556. The molecule has 0 unspecified atom stereocenters. The maximum absolute atomic E-state index is 12.4. The van der Waals surface area contributed by atoms with Crippen LogP contribution in [-0.2, 0) is 0 Å². The maximum Gasteiger partial charge on any atom is 0.274 e. The Bertz CT molecular complexity index is 851. The number of amides is 1. The highest BCUT2D eigenvalue weighted by Gasteiger charge is 2.11. The fourth-order valence-electron chi connectivity index (χ4n) is 2.12. The van der Waals surface area contributed by atoms with Crippen molar-refractivity contribution in [3.8, 4) is 0 Å². The van der Waals surface area contributed by atoms with Gasteiger partial charge in [-0.2, -0.15) is 0 Å². The number of aromatic nitrogens is 2. The Morgan fingerprint density at radius 2 is 1.67 bits per heavy atom. The van der Waals surface area contributed by atoms with E-state index in [0.29, 0.717) is 23.0 Å². The van der Waals surface area contributed by atoms with E-state index in [1.807, 2.05) is 61.5 Å². The largest absolute Gasteiger partial charge is 0.324 e. The van der Waals surface area contributed by atoms with Crippen LogP contribution in [0.1, 0.15) is 16.2 Å². The van der Waals surface area contributed by atoms with Gasteiger partial charge in [0, 0.05) is 21.5 Å². The van der Waals surface area contributed by atoms with Crippen molar-refractivity contribution in [3.05, 3.63) is 76.5 Å². The van der Waals surface area contributed by atoms with Crippen LogP contribution in [0.3, 0.4) is 0 Å². The van der Waals surface area contributed by atoms with Crippen molar-refractivity contribution in [1.29, 1.82) is 0 Å². The zero-order valence-corrected chi connectivity index (χ0v) is 14.5. The second-order valence-corrected chi connectivity index (χ2v) is 6.09. The van der Waals surface area contributed by atoms with Crippen LogP contribution in [0.5, 0.6) is 0 Å². The summed E-state index contributed by atoms with van der Waals surface area (Å²) >= 11 is 3.37. The van der Waals surface area contributed by atoms with Crippen molar-refractivity contribution in [2.75, 3.05) is 10.6 Å². The van der Waals surface area contributed by atoms with Gasteiger partial charge in [-0.25, -0.2) is 9.97 Å². The molecule has 0 saturated heterocycles. The van der Waals surface area contributed by atoms with Crippen LogP contribution in [0, 0.1) is 6.92 Å². The number of carbonyl (C=O) groups excluding carboxylic acids is 1. The van der Waals surface area contributed by atoms with Crippen molar-refractivity contribution in [2.24, 2.45) is 0 Å². The van der Waals surface area contributed by atoms with Crippen LogP contribution in [0.4, 0.5) is 17.3 Å². The Morgan fingerprint density at radius 3 is 2.38 bits per heavy atom. The number of hydrogen-bond acceptors (Lipinski definition) is 4. The average molecular weight is 383 g/mol. The van der Waals surface area contributed by atoms with Gasteiger partial charge in [0.2, 0.25) is 5.95 Å². The lowest BCUT2D eigenvalue weighted by molar-refractivity contribution is 0.102. The number of hydrogen-bond donors (Lipinski definition) is 2. The van der Waals surface area contributed by atoms with E-state index in [1.54, 1.807) is 6.07 Å². The molecule has 5 nitrogen and oxygen atoms in total. The number of halogens is 1. The molecule has 6 heteroatoms. The number of aryl methyl sites for hydroxylation is 1. The molecule has 2 aromatic carbocycles. The standard InChI is InChI=1S/C18H15BrN4O/c1-12-11-16(17(24)21-15-9-7-13(19)8-10-15)23-18(20-12)22-14-5-3-2-4-6-14/h2-11H,1H3,(H,21,24)(H,20,22,23). The fourth-order valence-corrected chi connectivity index (χ4v) is 2.38. The number of carbonyl (C=O) groups is 1. The van der Waals surface area contributed by atoms with Gasteiger partial charge in [0.25, 0.3) is 5.91 Å². The van der Waals surface area contributed by atoms with Crippen LogP contribution in [0.15, 0.2) is 65.1 Å². The number of nitrogens with zero attached hydrogens (tertiary/aromatic N) is 2. The molecule has 0 spiro atoms. The first-order valence-electron chi connectivity index (χ1n) is 7.35. The summed E-state index contributed by atoms with van der Waals surface area (Å²) in [5.41, 5.74) is 2.59. The highest BCUT2D eigenvalue weighted by atomic mass is 79.9. The lowest BCUT2D eigenvalue weighted by Crippen LogP contribution is -2.15. The molecule has 0 radical (unpaired) electrons. The van der Waals surface area contributed by atoms with Crippen LogP contribution >= 0.6 is 15.9 Å². The Kier molecular flexibility index (Phi) is 4.86. The van der Waals surface area contributed by atoms with E-state index in [-0.39, 0.29) is 5.91 Å². The van der Waals surface area contributed by atoms with Crippen LogP contribution in [0.25, 0.3) is 0 Å². The summed E-state index contributed by atoms with van der Waals surface area (Å²) in [4.78, 5) is 21.0. The summed E-state index contributed by atoms with van der Waals surface area (Å²) in [6, 6.07) is 18.6. The third kappa shape index (κ3) is 4.17. The second kappa shape index (κ2) is 7.23. The van der Waals surface area contributed by atoms with Gasteiger partial charge in [0.1, 0.15) is 5.69 Å². The summed E-state index contributed by atoms with van der Waals surface area (Å²) in [6.45, 7) is 1.83. The lowest BCUT2D eigenvalue weighted by atomic mass is 10.3. The van der Waals surface area contributed by atoms with Crippen LogP contribution < -0.4 is 10.6 Å². The summed E-state index contributed by atoms with van der Waals surface area (Å²) in [6.07, 6.45) is 0. The molecule has 3 aromatic rings. The molecule has 24 heavy (non-hydrogen) atoms. The zero-order valence-electron chi connectivity index (χ0n) is 13.0. The molecular weight excluding hydrogens is 368 g/mol. The van der Waals surface area contributed by atoms with Gasteiger partial charge in [-0.15, -0.1) is 0 Å². The summed E-state index contributed by atoms with van der Waals surface area (Å²) < 4.78 is 0.952. The number of nitrogens with one attached hydrogen (secondary N) is 2. The topological polar surface area (TPSA) is 66.9 Å². The van der Waals surface area contributed by atoms with Crippen molar-refractivity contribution in [2.45, 2.75) is 6.92 Å². The number of rotatable bonds is 4. The molecule has 0 fully saturated rings. The maximum atomic E-state index is 12.4. The van der Waals surface area contributed by atoms with E-state index in [9.17, 15) is 4.79 Å². The Labute approximate surface area is 148 Å². The van der Waals surface area contributed by atoms with E-state index in [4.69, 9.17) is 0 Å². The van der Waals surface area contributed by atoms with Gasteiger partial charge >= 0.3 is 0 Å². The van der Waals surface area contributed by atoms with Crippen molar-refractivity contribution < 1.29 is 4.79 Å². The highest BCUT2D eigenvalue weighted by Crippen LogP contribution is 2.16. The molecule has 0 saturated carbocycles. The molecule has 0 atom stereocenters. The summed E-state index contributed by atoms with van der Waals surface area (Å²) in [5.74, 6) is 0.112. The molecule has 1 amide bonds. The quantitative estimate of drug-likeness (QED) is 0.694. The van der Waals surface area contributed by atoms with Gasteiger partial charge in [0.15, 0.2) is 0 Å². The molecule has 1 heterocycles. The molecule has 1 aromatic heterocycles. The lowest BCUT2D eigenvalue weighted by Gasteiger charge is -2.09. The minimum absolute atomic E-state index is 0.279. The molecule has 120 valence electrons. The first-order chi connectivity index (χ1) is 11.6. The van der Waals surface area contributed by atoms with E-state index in [0.717, 1.165) is 10.2 Å².